The Morgan fingerprint density at radius 2 is 1.70 bits per heavy atom. The van der Waals surface area contributed by atoms with E-state index >= 15 is 0 Å². The molecule has 5 nitrogen and oxygen atoms in total. The van der Waals surface area contributed by atoms with Crippen molar-refractivity contribution in [3.8, 4) is 22.6 Å². The number of phenols is 1. The lowest BCUT2D eigenvalue weighted by molar-refractivity contribution is 0.239. The second kappa shape index (κ2) is 7.28. The zero-order valence-corrected chi connectivity index (χ0v) is 18.2. The molecule has 0 aromatic heterocycles. The number of nitrogens with two attached hydrogens (primary N) is 1. The van der Waals surface area contributed by atoms with Gasteiger partial charge in [0.1, 0.15) is 11.5 Å². The molecule has 6 heteroatoms. The van der Waals surface area contributed by atoms with Gasteiger partial charge in [-0.25, -0.2) is 0 Å². The third-order valence-corrected chi connectivity index (χ3v) is 7.79. The molecule has 0 amide bonds. The summed E-state index contributed by atoms with van der Waals surface area (Å²) in [5.74, 6) is -0.763. The molecule has 2 atom stereocenters. The van der Waals surface area contributed by atoms with Gasteiger partial charge in [-0.3, -0.25) is 4.57 Å². The van der Waals surface area contributed by atoms with Crippen LogP contribution < -0.4 is 15.6 Å². The Morgan fingerprint density at radius 3 is 2.40 bits per heavy atom. The Hall–Kier alpha value is -2.59. The van der Waals surface area contributed by atoms with Crippen molar-refractivity contribution < 1.29 is 19.3 Å². The number of aromatic hydroxyl groups is 1. The minimum atomic E-state index is -3.71. The van der Waals surface area contributed by atoms with E-state index in [0.29, 0.717) is 34.2 Å². The SMILES string of the molecule is Cc1cc(C(O)P2(=O)Oc3ccccc3-c3ccccc32)cc(CC(C)(C)N)c1O. The largest absolute Gasteiger partial charge is 0.507 e. The van der Waals surface area contributed by atoms with Crippen LogP contribution in [0.3, 0.4) is 0 Å². The number of para-hydroxylation sites is 1. The number of aliphatic hydroxyl groups excluding tert-OH is 1. The number of hydrogen-bond donors (Lipinski definition) is 3. The van der Waals surface area contributed by atoms with E-state index in [1.54, 1.807) is 37.3 Å². The van der Waals surface area contributed by atoms with Gasteiger partial charge in [0.25, 0.3) is 0 Å². The molecule has 4 N–H and O–H groups in total. The van der Waals surface area contributed by atoms with Crippen molar-refractivity contribution in [2.75, 3.05) is 0 Å². The second-order valence-corrected chi connectivity index (χ2v) is 10.9. The topological polar surface area (TPSA) is 92.8 Å². The number of phenolic OH excluding ortho intramolecular Hbond substituents is 1. The van der Waals surface area contributed by atoms with Gasteiger partial charge >= 0.3 is 7.37 Å². The van der Waals surface area contributed by atoms with E-state index in [1.807, 2.05) is 44.2 Å². The molecular formula is C24H26NO4P. The molecule has 0 fully saturated rings. The van der Waals surface area contributed by atoms with Gasteiger partial charge in [0.05, 0.1) is 5.30 Å². The van der Waals surface area contributed by atoms with E-state index in [1.165, 1.54) is 0 Å². The maximum atomic E-state index is 14.2. The summed E-state index contributed by atoms with van der Waals surface area (Å²) in [6.07, 6.45) is 0.408. The van der Waals surface area contributed by atoms with Crippen molar-refractivity contribution in [1.29, 1.82) is 0 Å². The average Bonchev–Trinajstić information content (AvgIpc) is 2.70. The number of rotatable bonds is 4. The van der Waals surface area contributed by atoms with Crippen LogP contribution in [0.4, 0.5) is 0 Å². The number of aliphatic hydroxyl groups is 1. The van der Waals surface area contributed by atoms with E-state index in [9.17, 15) is 14.8 Å². The van der Waals surface area contributed by atoms with Crippen LogP contribution >= 0.6 is 7.37 Å². The molecule has 0 aliphatic carbocycles. The zero-order chi connectivity index (χ0) is 21.7. The van der Waals surface area contributed by atoms with Crippen LogP contribution in [0.15, 0.2) is 60.7 Å². The fourth-order valence-corrected chi connectivity index (χ4v) is 6.25. The smallest absolute Gasteiger partial charge is 0.310 e. The fourth-order valence-electron chi connectivity index (χ4n) is 3.97. The molecule has 3 aromatic carbocycles. The second-order valence-electron chi connectivity index (χ2n) is 8.59. The van der Waals surface area contributed by atoms with Crippen molar-refractivity contribution in [2.45, 2.75) is 38.6 Å². The highest BCUT2D eigenvalue weighted by molar-refractivity contribution is 7.68. The van der Waals surface area contributed by atoms with Crippen LogP contribution in [0, 0.1) is 6.92 Å². The summed E-state index contributed by atoms with van der Waals surface area (Å²) in [6, 6.07) is 18.0. The minimum absolute atomic E-state index is 0.137. The van der Waals surface area contributed by atoms with Gasteiger partial charge < -0.3 is 20.5 Å². The Bertz CT molecular complexity index is 1170. The van der Waals surface area contributed by atoms with Crippen LogP contribution in [-0.2, 0) is 11.0 Å². The molecule has 0 saturated heterocycles. The maximum absolute atomic E-state index is 14.2. The molecule has 1 aliphatic heterocycles. The molecule has 3 aromatic rings. The zero-order valence-electron chi connectivity index (χ0n) is 17.3. The molecule has 0 spiro atoms. The molecule has 156 valence electrons. The van der Waals surface area contributed by atoms with Gasteiger partial charge in [0.2, 0.25) is 0 Å². The van der Waals surface area contributed by atoms with Crippen molar-refractivity contribution >= 4 is 12.7 Å². The highest BCUT2D eigenvalue weighted by Gasteiger charge is 2.43. The molecule has 2 unspecified atom stereocenters. The molecule has 1 aliphatic rings. The Morgan fingerprint density at radius 1 is 1.07 bits per heavy atom. The van der Waals surface area contributed by atoms with Gasteiger partial charge in [-0.15, -0.1) is 0 Å². The van der Waals surface area contributed by atoms with Crippen molar-refractivity contribution in [3.05, 3.63) is 77.4 Å². The lowest BCUT2D eigenvalue weighted by Crippen LogP contribution is -2.34. The van der Waals surface area contributed by atoms with Crippen LogP contribution in [0.25, 0.3) is 11.1 Å². The van der Waals surface area contributed by atoms with Crippen molar-refractivity contribution in [1.82, 2.24) is 0 Å². The summed E-state index contributed by atoms with van der Waals surface area (Å²) in [6.45, 7) is 5.48. The number of hydrogen-bond acceptors (Lipinski definition) is 5. The maximum Gasteiger partial charge on any atom is 0.310 e. The predicted octanol–water partition coefficient (Wildman–Crippen LogP) is 4.63. The Balaban J connectivity index is 1.84. The summed E-state index contributed by atoms with van der Waals surface area (Å²) in [7, 11) is -3.71. The first kappa shape index (κ1) is 20.7. The predicted molar refractivity (Wildman–Crippen MR) is 120 cm³/mol. The molecule has 0 radical (unpaired) electrons. The summed E-state index contributed by atoms with van der Waals surface area (Å²) in [5.41, 5.74) is 8.86. The third-order valence-electron chi connectivity index (χ3n) is 5.32. The summed E-state index contributed by atoms with van der Waals surface area (Å²) < 4.78 is 20.1. The van der Waals surface area contributed by atoms with Gasteiger partial charge in [0.15, 0.2) is 5.85 Å². The van der Waals surface area contributed by atoms with E-state index in [2.05, 4.69) is 0 Å². The standard InChI is InChI=1S/C24H26NO4P/c1-15-12-16(13-17(22(15)26)14-24(2,3)25)23(27)30(28)21-11-7-5-9-19(21)18-8-4-6-10-20(18)29-30/h4-13,23,26-27H,14,25H2,1-3H3. The molecule has 4 rings (SSSR count). The highest BCUT2D eigenvalue weighted by Crippen LogP contribution is 2.62. The summed E-state index contributed by atoms with van der Waals surface area (Å²) in [5, 5.41) is 22.3. The first-order valence-electron chi connectivity index (χ1n) is 9.88. The quantitative estimate of drug-likeness (QED) is 0.532. The van der Waals surface area contributed by atoms with E-state index in [-0.39, 0.29) is 5.75 Å². The normalized spacial score (nSPS) is 18.8. The van der Waals surface area contributed by atoms with Crippen molar-refractivity contribution in [2.24, 2.45) is 5.73 Å². The first-order chi connectivity index (χ1) is 14.1. The molecule has 30 heavy (non-hydrogen) atoms. The molecule has 0 bridgehead atoms. The molecular weight excluding hydrogens is 397 g/mol. The number of benzene rings is 3. The average molecular weight is 423 g/mol. The van der Waals surface area contributed by atoms with Gasteiger partial charge in [-0.1, -0.05) is 36.4 Å². The van der Waals surface area contributed by atoms with E-state index in [4.69, 9.17) is 10.3 Å². The summed E-state index contributed by atoms with van der Waals surface area (Å²) in [4.78, 5) is 0. The highest BCUT2D eigenvalue weighted by atomic mass is 31.2. The van der Waals surface area contributed by atoms with Gasteiger partial charge in [0, 0.05) is 11.1 Å². The van der Waals surface area contributed by atoms with E-state index < -0.39 is 18.8 Å². The Labute approximate surface area is 176 Å². The van der Waals surface area contributed by atoms with Crippen LogP contribution in [0.1, 0.15) is 36.4 Å². The Kier molecular flexibility index (Phi) is 5.01. The molecule has 1 heterocycles. The van der Waals surface area contributed by atoms with Gasteiger partial charge in [-0.2, -0.15) is 0 Å². The van der Waals surface area contributed by atoms with Gasteiger partial charge in [-0.05, 0) is 73.7 Å². The molecule has 0 saturated carbocycles. The third kappa shape index (κ3) is 3.54. The van der Waals surface area contributed by atoms with Crippen LogP contribution in [-0.4, -0.2) is 15.8 Å². The number of fused-ring (bicyclic) bond motifs is 3. The van der Waals surface area contributed by atoms with Crippen molar-refractivity contribution in [3.63, 3.8) is 0 Å². The van der Waals surface area contributed by atoms with Crippen LogP contribution in [0.2, 0.25) is 0 Å². The fraction of sp³-hybridized carbons (Fsp3) is 0.250. The summed E-state index contributed by atoms with van der Waals surface area (Å²) >= 11 is 0. The van der Waals surface area contributed by atoms with Crippen LogP contribution in [0.5, 0.6) is 11.5 Å². The monoisotopic (exact) mass is 423 g/mol. The minimum Gasteiger partial charge on any atom is -0.507 e. The number of aryl methyl sites for hydroxylation is 1. The van der Waals surface area contributed by atoms with E-state index in [0.717, 1.165) is 11.1 Å². The lowest BCUT2D eigenvalue weighted by Gasteiger charge is -2.32. The lowest BCUT2D eigenvalue weighted by atomic mass is 9.93. The first-order valence-corrected chi connectivity index (χ1v) is 11.6.